The third-order valence-electron chi connectivity index (χ3n) is 6.56. The summed E-state index contributed by atoms with van der Waals surface area (Å²) in [5.41, 5.74) is 3.46. The van der Waals surface area contributed by atoms with Gasteiger partial charge in [0.05, 0.1) is 31.6 Å². The topological polar surface area (TPSA) is 65.1 Å². The highest BCUT2D eigenvalue weighted by Crippen LogP contribution is 2.50. The molecule has 0 amide bonds. The van der Waals surface area contributed by atoms with Crippen molar-refractivity contribution in [3.8, 4) is 0 Å². The van der Waals surface area contributed by atoms with Crippen molar-refractivity contribution in [1.29, 1.82) is 0 Å². The zero-order chi connectivity index (χ0) is 25.7. The van der Waals surface area contributed by atoms with Gasteiger partial charge in [0.2, 0.25) is 0 Å². The zero-order valence-electron chi connectivity index (χ0n) is 20.9. The Labute approximate surface area is 212 Å². The van der Waals surface area contributed by atoms with E-state index >= 15 is 0 Å². The zero-order valence-corrected chi connectivity index (χ0v) is 20.9. The summed E-state index contributed by atoms with van der Waals surface area (Å²) in [5.74, 6) is -0.761. The van der Waals surface area contributed by atoms with Gasteiger partial charge in [-0.2, -0.15) is 0 Å². The molecular formula is C30H31NO5. The molecule has 3 aromatic carbocycles. The van der Waals surface area contributed by atoms with Crippen molar-refractivity contribution in [1.82, 2.24) is 0 Å². The molecule has 0 spiro atoms. The number of hydrogen-bond donors (Lipinski definition) is 0. The first-order chi connectivity index (χ1) is 17.4. The van der Waals surface area contributed by atoms with E-state index in [-0.39, 0.29) is 12.6 Å². The standard InChI is InChI=1S/C30H31NO5/c1-5-35-28(32)24-15-17-25(18-16-24)31-27(23-12-7-6-8-13-23)30(29(33)34-4,19-21(2)20-36-31)26-14-10-9-11-22(26)3/h6-18,27H,2,5,19-20H2,1,3-4H3/t27-,30+/m0/s1. The van der Waals surface area contributed by atoms with E-state index in [2.05, 4.69) is 6.58 Å². The van der Waals surface area contributed by atoms with Crippen molar-refractivity contribution < 1.29 is 23.9 Å². The number of benzene rings is 3. The molecule has 1 fully saturated rings. The molecule has 36 heavy (non-hydrogen) atoms. The monoisotopic (exact) mass is 485 g/mol. The van der Waals surface area contributed by atoms with E-state index < -0.39 is 17.4 Å². The van der Waals surface area contributed by atoms with Crippen LogP contribution in [0.1, 0.15) is 46.4 Å². The lowest BCUT2D eigenvalue weighted by Crippen LogP contribution is -2.49. The van der Waals surface area contributed by atoms with Gasteiger partial charge in [-0.15, -0.1) is 0 Å². The fourth-order valence-corrected chi connectivity index (χ4v) is 5.01. The van der Waals surface area contributed by atoms with E-state index in [4.69, 9.17) is 14.3 Å². The van der Waals surface area contributed by atoms with Crippen LogP contribution >= 0.6 is 0 Å². The number of rotatable bonds is 6. The number of hydrogen-bond acceptors (Lipinski definition) is 6. The predicted molar refractivity (Wildman–Crippen MR) is 139 cm³/mol. The van der Waals surface area contributed by atoms with Crippen molar-refractivity contribution in [2.75, 3.05) is 25.4 Å². The normalized spacial score (nSPS) is 19.9. The highest BCUT2D eigenvalue weighted by molar-refractivity contribution is 5.90. The maximum absolute atomic E-state index is 13.9. The first-order valence-corrected chi connectivity index (χ1v) is 12.0. The lowest BCUT2D eigenvalue weighted by atomic mass is 9.66. The van der Waals surface area contributed by atoms with Crippen LogP contribution in [0.5, 0.6) is 0 Å². The summed E-state index contributed by atoms with van der Waals surface area (Å²) >= 11 is 0. The van der Waals surface area contributed by atoms with Gasteiger partial charge >= 0.3 is 11.9 Å². The molecule has 0 aromatic heterocycles. The number of nitrogens with zero attached hydrogens (tertiary/aromatic N) is 1. The molecule has 6 heteroatoms. The Kier molecular flexibility index (Phi) is 7.55. The molecule has 1 saturated heterocycles. The molecule has 4 rings (SSSR count). The van der Waals surface area contributed by atoms with Crippen molar-refractivity contribution in [2.45, 2.75) is 31.7 Å². The van der Waals surface area contributed by atoms with Crippen LogP contribution < -0.4 is 5.06 Å². The molecule has 0 saturated carbocycles. The molecule has 0 unspecified atom stereocenters. The fraction of sp³-hybridized carbons (Fsp3) is 0.267. The summed E-state index contributed by atoms with van der Waals surface area (Å²) in [5, 5.41) is 1.76. The molecule has 3 aromatic rings. The van der Waals surface area contributed by atoms with Crippen LogP contribution in [0.4, 0.5) is 5.69 Å². The van der Waals surface area contributed by atoms with Crippen molar-refractivity contribution >= 4 is 17.6 Å². The lowest BCUT2D eigenvalue weighted by Gasteiger charge is -2.43. The largest absolute Gasteiger partial charge is 0.468 e. The Morgan fingerprint density at radius 3 is 2.33 bits per heavy atom. The number of aryl methyl sites for hydroxylation is 1. The van der Waals surface area contributed by atoms with Gasteiger partial charge in [-0.3, -0.25) is 9.63 Å². The second-order valence-electron chi connectivity index (χ2n) is 8.88. The summed E-state index contributed by atoms with van der Waals surface area (Å²) in [4.78, 5) is 32.5. The van der Waals surface area contributed by atoms with Gasteiger partial charge in [-0.05, 0) is 66.8 Å². The van der Waals surface area contributed by atoms with Gasteiger partial charge in [-0.1, -0.05) is 61.2 Å². The van der Waals surface area contributed by atoms with E-state index in [1.54, 1.807) is 36.3 Å². The van der Waals surface area contributed by atoms with Gasteiger partial charge in [-0.25, -0.2) is 9.86 Å². The number of hydroxylamine groups is 1. The maximum Gasteiger partial charge on any atom is 0.338 e. The van der Waals surface area contributed by atoms with E-state index in [9.17, 15) is 9.59 Å². The number of anilines is 1. The molecule has 0 bridgehead atoms. The van der Waals surface area contributed by atoms with Gasteiger partial charge in [0.25, 0.3) is 0 Å². The molecule has 0 aliphatic carbocycles. The Morgan fingerprint density at radius 1 is 1.03 bits per heavy atom. The number of esters is 2. The third kappa shape index (κ3) is 4.64. The molecule has 1 aliphatic rings. The Morgan fingerprint density at radius 2 is 1.69 bits per heavy atom. The van der Waals surface area contributed by atoms with Crippen molar-refractivity contribution in [3.05, 3.63) is 113 Å². The highest BCUT2D eigenvalue weighted by atomic mass is 16.7. The van der Waals surface area contributed by atoms with Gasteiger partial charge in [0, 0.05) is 0 Å². The third-order valence-corrected chi connectivity index (χ3v) is 6.56. The Bertz CT molecular complexity index is 1240. The summed E-state index contributed by atoms with van der Waals surface area (Å²) < 4.78 is 10.6. The number of ether oxygens (including phenoxy) is 2. The van der Waals surface area contributed by atoms with Crippen molar-refractivity contribution in [2.24, 2.45) is 0 Å². The minimum Gasteiger partial charge on any atom is -0.468 e. The fourth-order valence-electron chi connectivity index (χ4n) is 5.01. The van der Waals surface area contributed by atoms with E-state index in [1.165, 1.54) is 7.11 Å². The molecule has 0 radical (unpaired) electrons. The van der Waals surface area contributed by atoms with Gasteiger partial charge in [0.1, 0.15) is 11.5 Å². The number of methoxy groups -OCH3 is 1. The Hall–Kier alpha value is -3.90. The van der Waals surface area contributed by atoms with E-state index in [0.29, 0.717) is 24.3 Å². The van der Waals surface area contributed by atoms with Crippen LogP contribution in [-0.2, 0) is 24.5 Å². The highest BCUT2D eigenvalue weighted by Gasteiger charge is 2.54. The first kappa shape index (κ1) is 25.2. The second-order valence-corrected chi connectivity index (χ2v) is 8.88. The average Bonchev–Trinajstić information content (AvgIpc) is 3.06. The smallest absolute Gasteiger partial charge is 0.338 e. The summed E-state index contributed by atoms with van der Waals surface area (Å²) in [6.07, 6.45) is 0.349. The van der Waals surface area contributed by atoms with E-state index in [0.717, 1.165) is 22.3 Å². The van der Waals surface area contributed by atoms with Crippen LogP contribution in [0, 0.1) is 6.92 Å². The molecule has 1 aliphatic heterocycles. The van der Waals surface area contributed by atoms with Crippen LogP contribution in [0.15, 0.2) is 91.0 Å². The Balaban J connectivity index is 1.96. The summed E-state index contributed by atoms with van der Waals surface area (Å²) in [6, 6.07) is 24.1. The number of carbonyl (C=O) groups is 2. The average molecular weight is 486 g/mol. The van der Waals surface area contributed by atoms with Gasteiger partial charge < -0.3 is 9.47 Å². The predicted octanol–water partition coefficient (Wildman–Crippen LogP) is 5.72. The first-order valence-electron chi connectivity index (χ1n) is 12.0. The van der Waals surface area contributed by atoms with Crippen LogP contribution in [0.2, 0.25) is 0 Å². The quantitative estimate of drug-likeness (QED) is 0.329. The summed E-state index contributed by atoms with van der Waals surface area (Å²) in [7, 11) is 1.41. The SMILES string of the molecule is C=C1CON(c2ccc(C(=O)OCC)cc2)[C@@H](c2ccccc2)[C@](C(=O)OC)(c2ccccc2C)C1. The maximum atomic E-state index is 13.9. The molecule has 2 atom stereocenters. The summed E-state index contributed by atoms with van der Waals surface area (Å²) in [6.45, 7) is 8.53. The lowest BCUT2D eigenvalue weighted by molar-refractivity contribution is -0.149. The molecule has 0 N–H and O–H groups in total. The van der Waals surface area contributed by atoms with Gasteiger partial charge in [0.15, 0.2) is 0 Å². The number of carbonyl (C=O) groups excluding carboxylic acids is 2. The second kappa shape index (κ2) is 10.8. The van der Waals surface area contributed by atoms with Crippen LogP contribution in [0.3, 0.4) is 0 Å². The minimum absolute atomic E-state index is 0.230. The molecule has 6 nitrogen and oxygen atoms in total. The van der Waals surface area contributed by atoms with Crippen molar-refractivity contribution in [3.63, 3.8) is 0 Å². The minimum atomic E-state index is -1.14. The molecule has 1 heterocycles. The molecule has 186 valence electrons. The molecular weight excluding hydrogens is 454 g/mol. The van der Waals surface area contributed by atoms with E-state index in [1.807, 2.05) is 61.5 Å². The van der Waals surface area contributed by atoms with Crippen LogP contribution in [0.25, 0.3) is 0 Å². The van der Waals surface area contributed by atoms with Crippen LogP contribution in [-0.4, -0.2) is 32.3 Å².